The maximum absolute atomic E-state index is 11.7. The van der Waals surface area contributed by atoms with Crippen molar-refractivity contribution in [1.29, 1.82) is 0 Å². The van der Waals surface area contributed by atoms with Crippen LogP contribution in [0.2, 0.25) is 0 Å². The minimum absolute atomic E-state index is 0.152. The van der Waals surface area contributed by atoms with E-state index in [0.29, 0.717) is 11.7 Å². The topological polar surface area (TPSA) is 20.3 Å². The zero-order valence-corrected chi connectivity index (χ0v) is 7.26. The lowest BCUT2D eigenvalue weighted by atomic mass is 9.75. The van der Waals surface area contributed by atoms with Crippen LogP contribution in [0.15, 0.2) is 0 Å². The number of carbonyl (C=O) groups is 1. The second kappa shape index (κ2) is 2.07. The molecule has 0 aromatic heterocycles. The number of nitrogens with zero attached hydrogens (tertiary/aromatic N) is 1. The van der Waals surface area contributed by atoms with Gasteiger partial charge < -0.3 is 0 Å². The standard InChI is InChI=1S/C9H15NO/c1-9(2)8(11)7-3-5-10(9)6-4-7/h7H,3-6H2,1-2H3. The van der Waals surface area contributed by atoms with Crippen molar-refractivity contribution in [2.75, 3.05) is 13.1 Å². The zero-order valence-electron chi connectivity index (χ0n) is 7.26. The van der Waals surface area contributed by atoms with Crippen LogP contribution in [0.4, 0.5) is 0 Å². The molecule has 0 unspecified atom stereocenters. The van der Waals surface area contributed by atoms with Crippen molar-refractivity contribution in [2.45, 2.75) is 32.2 Å². The normalized spacial score (nSPS) is 41.1. The van der Waals surface area contributed by atoms with Gasteiger partial charge in [0.05, 0.1) is 5.54 Å². The molecule has 0 amide bonds. The van der Waals surface area contributed by atoms with Gasteiger partial charge in [-0.15, -0.1) is 0 Å². The smallest absolute Gasteiger partial charge is 0.155 e. The van der Waals surface area contributed by atoms with Gasteiger partial charge in [0, 0.05) is 5.92 Å². The summed E-state index contributed by atoms with van der Waals surface area (Å²) in [6.07, 6.45) is 2.20. The molecule has 0 aliphatic carbocycles. The number of hydrogen-bond acceptors (Lipinski definition) is 2. The van der Waals surface area contributed by atoms with E-state index in [1.165, 1.54) is 0 Å². The van der Waals surface area contributed by atoms with Crippen LogP contribution in [0.25, 0.3) is 0 Å². The monoisotopic (exact) mass is 153 g/mol. The van der Waals surface area contributed by atoms with Crippen molar-refractivity contribution in [3.8, 4) is 0 Å². The molecule has 0 spiro atoms. The third-order valence-electron chi connectivity index (χ3n) is 3.26. The quantitative estimate of drug-likeness (QED) is 0.518. The number of rotatable bonds is 0. The summed E-state index contributed by atoms with van der Waals surface area (Å²) in [5.41, 5.74) is -0.152. The van der Waals surface area contributed by atoms with E-state index in [0.717, 1.165) is 25.9 Å². The van der Waals surface area contributed by atoms with Crippen molar-refractivity contribution in [3.05, 3.63) is 0 Å². The van der Waals surface area contributed by atoms with Crippen molar-refractivity contribution in [1.82, 2.24) is 4.90 Å². The second-order valence-electron chi connectivity index (χ2n) is 4.18. The summed E-state index contributed by atoms with van der Waals surface area (Å²) < 4.78 is 0. The molecule has 62 valence electrons. The van der Waals surface area contributed by atoms with Gasteiger partial charge in [0.25, 0.3) is 0 Å². The molecule has 3 aliphatic heterocycles. The molecule has 0 N–H and O–H groups in total. The first kappa shape index (κ1) is 7.29. The molecule has 3 rings (SSSR count). The largest absolute Gasteiger partial charge is 0.297 e. The number of Topliss-reactive ketones (excluding diaryl/α,β-unsaturated/α-hetero) is 1. The Labute approximate surface area is 67.6 Å². The molecular formula is C9H15NO. The van der Waals surface area contributed by atoms with Gasteiger partial charge in [-0.1, -0.05) is 0 Å². The number of ketones is 1. The van der Waals surface area contributed by atoms with E-state index >= 15 is 0 Å². The highest BCUT2D eigenvalue weighted by atomic mass is 16.1. The van der Waals surface area contributed by atoms with Crippen LogP contribution in [-0.4, -0.2) is 29.3 Å². The Morgan fingerprint density at radius 2 is 1.91 bits per heavy atom. The fourth-order valence-corrected chi connectivity index (χ4v) is 2.36. The SMILES string of the molecule is CC1(C)C(=O)C2CCN1CC2. The van der Waals surface area contributed by atoms with Crippen molar-refractivity contribution >= 4 is 5.78 Å². The van der Waals surface area contributed by atoms with Crippen molar-refractivity contribution in [3.63, 3.8) is 0 Å². The number of fused-ring (bicyclic) bond motifs is 3. The van der Waals surface area contributed by atoms with Gasteiger partial charge in [-0.05, 0) is 39.8 Å². The van der Waals surface area contributed by atoms with Crippen LogP contribution in [0, 0.1) is 5.92 Å². The third-order valence-corrected chi connectivity index (χ3v) is 3.26. The lowest BCUT2D eigenvalue weighted by Gasteiger charge is -2.49. The highest BCUT2D eigenvalue weighted by Gasteiger charge is 2.46. The van der Waals surface area contributed by atoms with E-state index in [2.05, 4.69) is 18.7 Å². The van der Waals surface area contributed by atoms with Gasteiger partial charge in [-0.3, -0.25) is 9.69 Å². The maximum atomic E-state index is 11.7. The van der Waals surface area contributed by atoms with Gasteiger partial charge in [-0.2, -0.15) is 0 Å². The third kappa shape index (κ3) is 0.853. The van der Waals surface area contributed by atoms with Gasteiger partial charge >= 0.3 is 0 Å². The Morgan fingerprint density at radius 1 is 1.36 bits per heavy atom. The van der Waals surface area contributed by atoms with Gasteiger partial charge in [0.15, 0.2) is 5.78 Å². The predicted molar refractivity (Wildman–Crippen MR) is 43.4 cm³/mol. The van der Waals surface area contributed by atoms with Crippen LogP contribution < -0.4 is 0 Å². The molecule has 0 saturated carbocycles. The Morgan fingerprint density at radius 3 is 2.18 bits per heavy atom. The first-order chi connectivity index (χ1) is 5.12. The molecule has 0 radical (unpaired) electrons. The van der Waals surface area contributed by atoms with Gasteiger partial charge in [0.1, 0.15) is 0 Å². The summed E-state index contributed by atoms with van der Waals surface area (Å²) >= 11 is 0. The zero-order chi connectivity index (χ0) is 8.06. The minimum Gasteiger partial charge on any atom is -0.297 e. The molecule has 0 atom stereocenters. The molecule has 2 heteroatoms. The lowest BCUT2D eigenvalue weighted by Crippen LogP contribution is -2.61. The molecule has 3 heterocycles. The Balaban J connectivity index is 2.30. The fourth-order valence-electron chi connectivity index (χ4n) is 2.36. The summed E-state index contributed by atoms with van der Waals surface area (Å²) in [4.78, 5) is 14.0. The van der Waals surface area contributed by atoms with Crippen LogP contribution in [0.1, 0.15) is 26.7 Å². The molecule has 0 aromatic carbocycles. The molecule has 2 nitrogen and oxygen atoms in total. The Bertz CT molecular complexity index is 190. The number of piperidine rings is 3. The number of carbonyl (C=O) groups excluding carboxylic acids is 1. The molecule has 3 saturated heterocycles. The predicted octanol–water partition coefficient (Wildman–Crippen LogP) is 1.06. The molecule has 11 heavy (non-hydrogen) atoms. The molecular weight excluding hydrogens is 138 g/mol. The van der Waals surface area contributed by atoms with E-state index in [1.54, 1.807) is 0 Å². The molecule has 3 fully saturated rings. The summed E-state index contributed by atoms with van der Waals surface area (Å²) in [6.45, 7) is 6.37. The highest BCUT2D eigenvalue weighted by Crippen LogP contribution is 2.35. The molecule has 0 aromatic rings. The van der Waals surface area contributed by atoms with E-state index < -0.39 is 0 Å². The number of hydrogen-bond donors (Lipinski definition) is 0. The van der Waals surface area contributed by atoms with Gasteiger partial charge in [-0.25, -0.2) is 0 Å². The van der Waals surface area contributed by atoms with Crippen LogP contribution in [0.5, 0.6) is 0 Å². The van der Waals surface area contributed by atoms with E-state index in [4.69, 9.17) is 0 Å². The lowest BCUT2D eigenvalue weighted by molar-refractivity contribution is -0.144. The first-order valence-electron chi connectivity index (χ1n) is 4.42. The average Bonchev–Trinajstić information content (AvgIpc) is 2.01. The Kier molecular flexibility index (Phi) is 1.37. The summed E-state index contributed by atoms with van der Waals surface area (Å²) in [7, 11) is 0. The van der Waals surface area contributed by atoms with Gasteiger partial charge in [0.2, 0.25) is 0 Å². The van der Waals surface area contributed by atoms with Crippen molar-refractivity contribution in [2.24, 2.45) is 5.92 Å². The Hall–Kier alpha value is -0.370. The first-order valence-corrected chi connectivity index (χ1v) is 4.42. The fraction of sp³-hybridized carbons (Fsp3) is 0.889. The summed E-state index contributed by atoms with van der Waals surface area (Å²) in [6, 6.07) is 0. The van der Waals surface area contributed by atoms with E-state index in [1.807, 2.05) is 0 Å². The average molecular weight is 153 g/mol. The van der Waals surface area contributed by atoms with Crippen LogP contribution in [0.3, 0.4) is 0 Å². The van der Waals surface area contributed by atoms with E-state index in [-0.39, 0.29) is 5.54 Å². The van der Waals surface area contributed by atoms with Crippen molar-refractivity contribution < 1.29 is 4.79 Å². The minimum atomic E-state index is -0.152. The van der Waals surface area contributed by atoms with Crippen LogP contribution in [-0.2, 0) is 4.79 Å². The maximum Gasteiger partial charge on any atom is 0.155 e. The molecule has 2 bridgehead atoms. The van der Waals surface area contributed by atoms with Crippen LogP contribution >= 0.6 is 0 Å². The molecule has 3 aliphatic rings. The van der Waals surface area contributed by atoms with E-state index in [9.17, 15) is 4.79 Å². The second-order valence-corrected chi connectivity index (χ2v) is 4.18. The highest BCUT2D eigenvalue weighted by molar-refractivity contribution is 5.91. The summed E-state index contributed by atoms with van der Waals surface area (Å²) in [5, 5.41) is 0. The summed E-state index contributed by atoms with van der Waals surface area (Å²) in [5.74, 6) is 0.852.